The van der Waals surface area contributed by atoms with Gasteiger partial charge in [0.1, 0.15) is 5.82 Å². The van der Waals surface area contributed by atoms with Crippen LogP contribution in [-0.4, -0.2) is 31.3 Å². The van der Waals surface area contributed by atoms with Gasteiger partial charge in [-0.1, -0.05) is 27.5 Å². The second-order valence-corrected chi connectivity index (χ2v) is 6.40. The minimum Gasteiger partial charge on any atom is -0.383 e. The van der Waals surface area contributed by atoms with E-state index in [1.165, 1.54) is 6.42 Å². The number of ether oxygens (including phenoxy) is 1. The highest BCUT2D eigenvalue weighted by Crippen LogP contribution is 2.31. The molecule has 1 saturated heterocycles. The van der Waals surface area contributed by atoms with Crippen molar-refractivity contribution in [3.63, 3.8) is 0 Å². The number of hydrogen-bond donors (Lipinski definition) is 0. The van der Waals surface area contributed by atoms with Gasteiger partial charge >= 0.3 is 0 Å². The Morgan fingerprint density at radius 1 is 1.45 bits per heavy atom. The fraction of sp³-hybridized carbons (Fsp3) is 0.400. The Morgan fingerprint density at radius 3 is 3.10 bits per heavy atom. The summed E-state index contributed by atoms with van der Waals surface area (Å²) in [6.45, 7) is 1.77. The van der Waals surface area contributed by atoms with Crippen molar-refractivity contribution < 1.29 is 4.74 Å². The van der Waals surface area contributed by atoms with E-state index in [4.69, 9.17) is 21.3 Å². The molecule has 2 aromatic rings. The van der Waals surface area contributed by atoms with Crippen LogP contribution in [0.25, 0.3) is 10.9 Å². The molecule has 0 N–H and O–H groups in total. The van der Waals surface area contributed by atoms with Gasteiger partial charge in [0.2, 0.25) is 0 Å². The number of rotatable bonds is 3. The highest BCUT2D eigenvalue weighted by Gasteiger charge is 2.25. The smallest absolute Gasteiger partial charge is 0.129 e. The summed E-state index contributed by atoms with van der Waals surface area (Å²) in [6.07, 6.45) is 2.34. The van der Waals surface area contributed by atoms with Crippen molar-refractivity contribution in [2.75, 3.05) is 25.2 Å². The molecule has 5 heteroatoms. The average Bonchev–Trinajstić information content (AvgIpc) is 2.87. The largest absolute Gasteiger partial charge is 0.383 e. The van der Waals surface area contributed by atoms with Gasteiger partial charge in [-0.2, -0.15) is 0 Å². The molecule has 3 nitrogen and oxygen atoms in total. The molecule has 0 bridgehead atoms. The van der Waals surface area contributed by atoms with Crippen molar-refractivity contribution in [3.8, 4) is 0 Å². The Kier molecular flexibility index (Phi) is 4.15. The first-order chi connectivity index (χ1) is 9.69. The Balaban J connectivity index is 2.00. The van der Waals surface area contributed by atoms with Crippen molar-refractivity contribution in [1.82, 2.24) is 4.98 Å². The van der Waals surface area contributed by atoms with Gasteiger partial charge in [0, 0.05) is 23.5 Å². The summed E-state index contributed by atoms with van der Waals surface area (Å²) < 4.78 is 6.28. The SMILES string of the molecule is COCC1CCCN1c1ccc2cc(Br)cc(Cl)c2n1. The zero-order valence-corrected chi connectivity index (χ0v) is 13.6. The molecule has 0 radical (unpaired) electrons. The van der Waals surface area contributed by atoms with Gasteiger partial charge < -0.3 is 9.64 Å². The van der Waals surface area contributed by atoms with Gasteiger partial charge in [0.25, 0.3) is 0 Å². The molecule has 1 aromatic carbocycles. The molecule has 0 spiro atoms. The molecule has 0 saturated carbocycles. The Labute approximate surface area is 132 Å². The number of methoxy groups -OCH3 is 1. The molecule has 0 aliphatic carbocycles. The van der Waals surface area contributed by atoms with Crippen LogP contribution in [0.15, 0.2) is 28.7 Å². The summed E-state index contributed by atoms with van der Waals surface area (Å²) in [4.78, 5) is 7.07. The number of benzene rings is 1. The lowest BCUT2D eigenvalue weighted by molar-refractivity contribution is 0.180. The molecule has 1 aliphatic rings. The fourth-order valence-corrected chi connectivity index (χ4v) is 3.69. The third-order valence-corrected chi connectivity index (χ3v) is 4.47. The van der Waals surface area contributed by atoms with Gasteiger partial charge in [-0.05, 0) is 37.1 Å². The topological polar surface area (TPSA) is 25.4 Å². The van der Waals surface area contributed by atoms with Crippen LogP contribution in [0.2, 0.25) is 5.02 Å². The zero-order valence-electron chi connectivity index (χ0n) is 11.3. The first-order valence-corrected chi connectivity index (χ1v) is 7.87. The summed E-state index contributed by atoms with van der Waals surface area (Å²) in [5.41, 5.74) is 0.857. The van der Waals surface area contributed by atoms with Gasteiger partial charge in [-0.25, -0.2) is 4.98 Å². The molecule has 0 amide bonds. The van der Waals surface area contributed by atoms with Crippen molar-refractivity contribution in [2.45, 2.75) is 18.9 Å². The maximum absolute atomic E-state index is 6.30. The van der Waals surface area contributed by atoms with E-state index in [0.717, 1.165) is 40.8 Å². The maximum Gasteiger partial charge on any atom is 0.129 e. The van der Waals surface area contributed by atoms with Crippen molar-refractivity contribution in [2.24, 2.45) is 0 Å². The summed E-state index contributed by atoms with van der Waals surface area (Å²) in [6, 6.07) is 8.49. The second kappa shape index (κ2) is 5.88. The van der Waals surface area contributed by atoms with E-state index in [2.05, 4.69) is 33.0 Å². The Bertz CT molecular complexity index is 635. The molecule has 1 aliphatic heterocycles. The van der Waals surface area contributed by atoms with Crippen LogP contribution >= 0.6 is 27.5 Å². The molecule has 1 aromatic heterocycles. The first-order valence-electron chi connectivity index (χ1n) is 6.70. The van der Waals surface area contributed by atoms with Crippen LogP contribution in [0, 0.1) is 0 Å². The predicted octanol–water partition coefficient (Wildman–Crippen LogP) is 4.27. The van der Waals surface area contributed by atoms with E-state index in [1.807, 2.05) is 12.1 Å². The number of aromatic nitrogens is 1. The van der Waals surface area contributed by atoms with Crippen molar-refractivity contribution in [1.29, 1.82) is 0 Å². The van der Waals surface area contributed by atoms with Crippen LogP contribution < -0.4 is 4.90 Å². The van der Waals surface area contributed by atoms with Crippen molar-refractivity contribution in [3.05, 3.63) is 33.8 Å². The number of halogens is 2. The maximum atomic E-state index is 6.30. The standard InChI is InChI=1S/C15H16BrClN2O/c1-20-9-12-3-2-6-19(12)14-5-4-10-7-11(16)8-13(17)15(10)18-14/h4-5,7-8,12H,2-3,6,9H2,1H3. The number of pyridine rings is 1. The van der Waals surface area contributed by atoms with E-state index >= 15 is 0 Å². The normalized spacial score (nSPS) is 18.9. The molecule has 3 rings (SSSR count). The van der Waals surface area contributed by atoms with Gasteiger partial charge in [0.05, 0.1) is 23.2 Å². The highest BCUT2D eigenvalue weighted by molar-refractivity contribution is 9.10. The first kappa shape index (κ1) is 14.1. The molecular formula is C15H16BrClN2O. The summed E-state index contributed by atoms with van der Waals surface area (Å²) in [7, 11) is 1.75. The zero-order chi connectivity index (χ0) is 14.1. The molecule has 2 heterocycles. The fourth-order valence-electron chi connectivity index (χ4n) is 2.81. The quantitative estimate of drug-likeness (QED) is 0.822. The predicted molar refractivity (Wildman–Crippen MR) is 86.7 cm³/mol. The Morgan fingerprint density at radius 2 is 2.30 bits per heavy atom. The lowest BCUT2D eigenvalue weighted by atomic mass is 10.2. The van der Waals surface area contributed by atoms with Crippen LogP contribution in [0.3, 0.4) is 0 Å². The monoisotopic (exact) mass is 354 g/mol. The molecule has 1 fully saturated rings. The molecule has 20 heavy (non-hydrogen) atoms. The molecule has 1 unspecified atom stereocenters. The summed E-state index contributed by atoms with van der Waals surface area (Å²) >= 11 is 9.76. The van der Waals surface area contributed by atoms with E-state index in [0.29, 0.717) is 11.1 Å². The number of anilines is 1. The van der Waals surface area contributed by atoms with Crippen LogP contribution in [0.5, 0.6) is 0 Å². The van der Waals surface area contributed by atoms with Gasteiger partial charge in [-0.15, -0.1) is 0 Å². The molecule has 106 valence electrons. The number of fused-ring (bicyclic) bond motifs is 1. The van der Waals surface area contributed by atoms with Crippen LogP contribution in [0.4, 0.5) is 5.82 Å². The minimum absolute atomic E-state index is 0.416. The van der Waals surface area contributed by atoms with E-state index in [1.54, 1.807) is 7.11 Å². The van der Waals surface area contributed by atoms with E-state index in [9.17, 15) is 0 Å². The van der Waals surface area contributed by atoms with Crippen molar-refractivity contribution >= 4 is 44.3 Å². The average molecular weight is 356 g/mol. The highest BCUT2D eigenvalue weighted by atomic mass is 79.9. The van der Waals surface area contributed by atoms with E-state index < -0.39 is 0 Å². The second-order valence-electron chi connectivity index (χ2n) is 5.07. The molecule has 1 atom stereocenters. The van der Waals surface area contributed by atoms with Crippen LogP contribution in [-0.2, 0) is 4.74 Å². The van der Waals surface area contributed by atoms with Gasteiger partial charge in [0.15, 0.2) is 0 Å². The minimum atomic E-state index is 0.416. The van der Waals surface area contributed by atoms with Gasteiger partial charge in [-0.3, -0.25) is 0 Å². The summed E-state index contributed by atoms with van der Waals surface area (Å²) in [5, 5.41) is 1.73. The van der Waals surface area contributed by atoms with Crippen LogP contribution in [0.1, 0.15) is 12.8 Å². The molecular weight excluding hydrogens is 340 g/mol. The number of hydrogen-bond acceptors (Lipinski definition) is 3. The van der Waals surface area contributed by atoms with E-state index in [-0.39, 0.29) is 0 Å². The Hall–Kier alpha value is -0.840. The lowest BCUT2D eigenvalue weighted by Gasteiger charge is -2.25. The number of nitrogens with zero attached hydrogens (tertiary/aromatic N) is 2. The third kappa shape index (κ3) is 2.65. The summed E-state index contributed by atoms with van der Waals surface area (Å²) in [5.74, 6) is 0.987. The third-order valence-electron chi connectivity index (χ3n) is 3.73. The lowest BCUT2D eigenvalue weighted by Crippen LogP contribution is -2.33.